The van der Waals surface area contributed by atoms with Gasteiger partial charge in [-0.3, -0.25) is 0 Å². The van der Waals surface area contributed by atoms with Gasteiger partial charge in [0.15, 0.2) is 0 Å². The highest BCUT2D eigenvalue weighted by Crippen LogP contribution is 2.37. The zero-order valence-electron chi connectivity index (χ0n) is 19.1. The third-order valence-electron chi connectivity index (χ3n) is 5.48. The molecule has 1 fully saturated rings. The average Bonchev–Trinajstić information content (AvgIpc) is 3.12. The predicted octanol–water partition coefficient (Wildman–Crippen LogP) is 3.84. The molecule has 0 saturated carbocycles. The summed E-state index contributed by atoms with van der Waals surface area (Å²) in [5.41, 5.74) is 2.71. The van der Waals surface area contributed by atoms with Crippen molar-refractivity contribution >= 4 is 28.5 Å². The number of para-hydroxylation sites is 1. The summed E-state index contributed by atoms with van der Waals surface area (Å²) < 4.78 is 10.8. The fourth-order valence-corrected chi connectivity index (χ4v) is 3.95. The van der Waals surface area contributed by atoms with Crippen LogP contribution in [0.4, 0.5) is 4.79 Å². The highest BCUT2D eigenvalue weighted by molar-refractivity contribution is 6.17. The van der Waals surface area contributed by atoms with Crippen molar-refractivity contribution in [2.24, 2.45) is 0 Å². The van der Waals surface area contributed by atoms with Gasteiger partial charge in [-0.15, -0.1) is 0 Å². The number of nitrogens with one attached hydrogen (secondary N) is 2. The van der Waals surface area contributed by atoms with Crippen molar-refractivity contribution in [2.75, 3.05) is 32.8 Å². The molecule has 1 saturated heterocycles. The van der Waals surface area contributed by atoms with Gasteiger partial charge in [0.2, 0.25) is 0 Å². The maximum Gasteiger partial charge on any atom is 0.340 e. The van der Waals surface area contributed by atoms with Crippen molar-refractivity contribution < 1.29 is 19.1 Å². The van der Waals surface area contributed by atoms with E-state index in [1.54, 1.807) is 11.0 Å². The van der Waals surface area contributed by atoms with Crippen LogP contribution in [-0.4, -0.2) is 60.8 Å². The molecule has 1 aromatic carbocycles. The molecule has 7 nitrogen and oxygen atoms in total. The molecule has 31 heavy (non-hydrogen) atoms. The highest BCUT2D eigenvalue weighted by Gasteiger charge is 2.32. The Bertz CT molecular complexity index is 968. The highest BCUT2D eigenvalue weighted by atomic mass is 16.5. The second kappa shape index (κ2) is 9.56. The Hall–Kier alpha value is -2.80. The van der Waals surface area contributed by atoms with E-state index in [1.807, 2.05) is 45.0 Å². The second-order valence-corrected chi connectivity index (χ2v) is 8.72. The van der Waals surface area contributed by atoms with E-state index in [-0.39, 0.29) is 18.1 Å². The molecule has 2 N–H and O–H groups in total. The van der Waals surface area contributed by atoms with Crippen LogP contribution in [0.1, 0.15) is 45.9 Å². The molecule has 0 spiro atoms. The molecule has 1 aliphatic heterocycles. The van der Waals surface area contributed by atoms with Crippen LogP contribution in [-0.2, 0) is 19.7 Å². The first kappa shape index (κ1) is 22.9. The van der Waals surface area contributed by atoms with E-state index in [0.717, 1.165) is 22.2 Å². The van der Waals surface area contributed by atoms with Crippen molar-refractivity contribution in [3.05, 3.63) is 41.6 Å². The third-order valence-corrected chi connectivity index (χ3v) is 5.48. The first-order chi connectivity index (χ1) is 14.7. The molecular formula is C24H33N3O4. The number of amides is 2. The Balaban J connectivity index is 1.94. The fourth-order valence-electron chi connectivity index (χ4n) is 3.95. The number of fused-ring (bicyclic) bond motifs is 1. The summed E-state index contributed by atoms with van der Waals surface area (Å²) in [4.78, 5) is 30.7. The summed E-state index contributed by atoms with van der Waals surface area (Å²) in [6.45, 7) is 12.4. The number of rotatable bonds is 6. The summed E-state index contributed by atoms with van der Waals surface area (Å²) >= 11 is 0. The number of urea groups is 1. The van der Waals surface area contributed by atoms with E-state index < -0.39 is 5.41 Å². The van der Waals surface area contributed by atoms with Crippen LogP contribution in [0.2, 0.25) is 0 Å². The number of aromatic nitrogens is 1. The number of hydrogen-bond acceptors (Lipinski definition) is 4. The Labute approximate surface area is 183 Å². The van der Waals surface area contributed by atoms with E-state index in [0.29, 0.717) is 38.4 Å². The van der Waals surface area contributed by atoms with Crippen molar-refractivity contribution in [1.29, 1.82) is 0 Å². The number of allylic oxidation sites excluding steroid dienone is 1. The van der Waals surface area contributed by atoms with E-state index in [4.69, 9.17) is 9.47 Å². The molecule has 168 valence electrons. The number of nitrogens with zero attached hydrogens (tertiary/aromatic N) is 1. The minimum Gasteiger partial charge on any atom is -0.459 e. The Morgan fingerprint density at radius 3 is 2.58 bits per heavy atom. The Kier molecular flexibility index (Phi) is 7.05. The molecule has 0 bridgehead atoms. The molecule has 1 aliphatic rings. The van der Waals surface area contributed by atoms with Gasteiger partial charge in [-0.05, 0) is 32.4 Å². The normalized spacial score (nSPS) is 15.4. The summed E-state index contributed by atoms with van der Waals surface area (Å²) in [7, 11) is 0. The first-order valence-electron chi connectivity index (χ1n) is 10.8. The van der Waals surface area contributed by atoms with Crippen LogP contribution in [0.15, 0.2) is 30.3 Å². The molecule has 3 rings (SSSR count). The minimum absolute atomic E-state index is 0.0942. The maximum atomic E-state index is 12.8. The third kappa shape index (κ3) is 5.10. The lowest BCUT2D eigenvalue weighted by atomic mass is 9.81. The predicted molar refractivity (Wildman–Crippen MR) is 122 cm³/mol. The topological polar surface area (TPSA) is 83.7 Å². The molecule has 0 radical (unpaired) electrons. The maximum absolute atomic E-state index is 12.8. The van der Waals surface area contributed by atoms with Crippen molar-refractivity contribution in [1.82, 2.24) is 15.2 Å². The van der Waals surface area contributed by atoms with Crippen molar-refractivity contribution in [2.45, 2.75) is 46.1 Å². The zero-order chi connectivity index (χ0) is 22.6. The van der Waals surface area contributed by atoms with Gasteiger partial charge in [-0.25, -0.2) is 9.59 Å². The van der Waals surface area contributed by atoms with Gasteiger partial charge in [-0.1, -0.05) is 38.1 Å². The molecule has 7 heteroatoms. The standard InChI is InChI=1S/C24H33N3O4/c1-6-17(22(28)31-16(2)3)21-20(18-9-7-8-10-19(18)26-21)24(4,5)15-25-23(29)27-11-13-30-14-12-27/h6-10,16,26H,11-15H2,1-5H3,(H,25,29)/b17-6+. The number of benzene rings is 1. The summed E-state index contributed by atoms with van der Waals surface area (Å²) in [6.07, 6.45) is 1.57. The van der Waals surface area contributed by atoms with Gasteiger partial charge < -0.3 is 24.7 Å². The van der Waals surface area contributed by atoms with E-state index >= 15 is 0 Å². The van der Waals surface area contributed by atoms with Crippen LogP contribution < -0.4 is 5.32 Å². The van der Waals surface area contributed by atoms with Crippen molar-refractivity contribution in [3.8, 4) is 0 Å². The van der Waals surface area contributed by atoms with Gasteiger partial charge in [0.1, 0.15) is 0 Å². The number of aromatic amines is 1. The van der Waals surface area contributed by atoms with Gasteiger partial charge in [0, 0.05) is 36.0 Å². The molecule has 0 unspecified atom stereocenters. The van der Waals surface area contributed by atoms with Crippen molar-refractivity contribution in [3.63, 3.8) is 0 Å². The van der Waals surface area contributed by atoms with Crippen LogP contribution >= 0.6 is 0 Å². The Morgan fingerprint density at radius 1 is 1.26 bits per heavy atom. The molecule has 2 heterocycles. The van der Waals surface area contributed by atoms with Crippen LogP contribution in [0.25, 0.3) is 16.5 Å². The number of carbonyl (C=O) groups excluding carboxylic acids is 2. The van der Waals surface area contributed by atoms with Gasteiger partial charge >= 0.3 is 12.0 Å². The lowest BCUT2D eigenvalue weighted by molar-refractivity contribution is -0.140. The first-order valence-corrected chi connectivity index (χ1v) is 10.8. The van der Waals surface area contributed by atoms with Gasteiger partial charge in [-0.2, -0.15) is 0 Å². The summed E-state index contributed by atoms with van der Waals surface area (Å²) in [5, 5.41) is 4.10. The SMILES string of the molecule is C/C=C(/C(=O)OC(C)C)c1[nH]c2ccccc2c1C(C)(C)CNC(=O)N1CCOCC1. The fraction of sp³-hybridized carbons (Fsp3) is 0.500. The number of H-pyrrole nitrogens is 1. The molecule has 2 amide bonds. The molecule has 1 aromatic heterocycles. The Morgan fingerprint density at radius 2 is 1.94 bits per heavy atom. The molecule has 0 aliphatic carbocycles. The largest absolute Gasteiger partial charge is 0.459 e. The summed E-state index contributed by atoms with van der Waals surface area (Å²) in [6, 6.07) is 7.88. The zero-order valence-corrected chi connectivity index (χ0v) is 19.1. The van der Waals surface area contributed by atoms with Crippen LogP contribution in [0.3, 0.4) is 0 Å². The quantitative estimate of drug-likeness (QED) is 0.542. The lowest BCUT2D eigenvalue weighted by Crippen LogP contribution is -2.48. The number of ether oxygens (including phenoxy) is 2. The van der Waals surface area contributed by atoms with Crippen LogP contribution in [0, 0.1) is 0 Å². The monoisotopic (exact) mass is 427 g/mol. The lowest BCUT2D eigenvalue weighted by Gasteiger charge is -2.31. The second-order valence-electron chi connectivity index (χ2n) is 8.72. The van der Waals surface area contributed by atoms with Gasteiger partial charge in [0.05, 0.1) is 30.6 Å². The average molecular weight is 428 g/mol. The van der Waals surface area contributed by atoms with E-state index in [9.17, 15) is 9.59 Å². The van der Waals surface area contributed by atoms with Gasteiger partial charge in [0.25, 0.3) is 0 Å². The number of esters is 1. The molecular weight excluding hydrogens is 394 g/mol. The summed E-state index contributed by atoms with van der Waals surface area (Å²) in [5.74, 6) is -0.363. The van der Waals surface area contributed by atoms with Crippen LogP contribution in [0.5, 0.6) is 0 Å². The number of hydrogen-bond donors (Lipinski definition) is 2. The number of carbonyl (C=O) groups is 2. The molecule has 2 aromatic rings. The molecule has 0 atom stereocenters. The smallest absolute Gasteiger partial charge is 0.340 e. The number of morpholine rings is 1. The van der Waals surface area contributed by atoms with E-state index in [1.165, 1.54) is 0 Å². The minimum atomic E-state index is -0.441. The van der Waals surface area contributed by atoms with E-state index in [2.05, 4.69) is 24.1 Å².